The summed E-state index contributed by atoms with van der Waals surface area (Å²) in [5, 5.41) is 12.6. The van der Waals surface area contributed by atoms with Crippen LogP contribution in [0.25, 0.3) is 21.7 Å². The molecule has 3 heteroatoms. The third kappa shape index (κ3) is 2.91. The molecule has 0 fully saturated rings. The molecule has 1 atom stereocenters. The van der Waals surface area contributed by atoms with Crippen LogP contribution in [0.15, 0.2) is 72.9 Å². The van der Waals surface area contributed by atoms with E-state index in [1.54, 1.807) is 6.92 Å². The van der Waals surface area contributed by atoms with Gasteiger partial charge in [-0.2, -0.15) is 0 Å². The fraction of sp³-hybridized carbons (Fsp3) is 0.174. The molecule has 1 unspecified atom stereocenters. The molecule has 0 aliphatic rings. The summed E-state index contributed by atoms with van der Waals surface area (Å²) in [6.07, 6.45) is 2.21. The number of carbonyl (C=O) groups excluding carboxylic acids is 1. The number of hydrogen-bond donors (Lipinski definition) is 1. The summed E-state index contributed by atoms with van der Waals surface area (Å²) in [6, 6.07) is 21.8. The minimum atomic E-state index is -0.367. The molecule has 4 aromatic rings. The Hall–Kier alpha value is -2.91. The second-order valence-corrected chi connectivity index (χ2v) is 6.75. The van der Waals surface area contributed by atoms with Crippen molar-refractivity contribution in [3.63, 3.8) is 0 Å². The number of hydrogen-bond acceptors (Lipinski definition) is 2. The number of carbonyl (C=O) groups is 1. The van der Waals surface area contributed by atoms with Gasteiger partial charge >= 0.3 is 0 Å². The summed E-state index contributed by atoms with van der Waals surface area (Å²) in [5.41, 5.74) is 2.46. The molecule has 0 radical (unpaired) electrons. The van der Waals surface area contributed by atoms with E-state index in [0.29, 0.717) is 18.5 Å². The van der Waals surface area contributed by atoms with E-state index in [2.05, 4.69) is 4.57 Å². The Labute approximate surface area is 152 Å². The van der Waals surface area contributed by atoms with Gasteiger partial charge in [0.2, 0.25) is 0 Å². The fourth-order valence-electron chi connectivity index (χ4n) is 3.51. The number of benzene rings is 3. The fourth-order valence-corrected chi connectivity index (χ4v) is 3.51. The maximum atomic E-state index is 13.4. The molecule has 0 spiro atoms. The SMILES string of the molecule is CC(O)CCn1cc(C(=O)c2cccc3ccccc23)[13c]2[13cH][13cH][13cH][13cH][13c]21. The minimum Gasteiger partial charge on any atom is -0.393 e. The van der Waals surface area contributed by atoms with Gasteiger partial charge in [-0.05, 0) is 30.2 Å². The van der Waals surface area contributed by atoms with Gasteiger partial charge in [0.1, 0.15) is 0 Å². The molecular formula is C23H21NO2. The number of fused-ring (bicyclic) bond motifs is 2. The Morgan fingerprint density at radius 2 is 1.62 bits per heavy atom. The highest BCUT2D eigenvalue weighted by atomic mass is 16.3. The predicted octanol–water partition coefficient (Wildman–Crippen LogP) is 4.80. The number of aliphatic hydroxyl groups is 1. The van der Waals surface area contributed by atoms with Crippen LogP contribution in [0.5, 0.6) is 0 Å². The molecule has 1 aromatic heterocycles. The van der Waals surface area contributed by atoms with Crippen molar-refractivity contribution < 1.29 is 9.90 Å². The first kappa shape index (κ1) is 16.6. The van der Waals surface area contributed by atoms with E-state index in [9.17, 15) is 9.90 Å². The average molecular weight is 349 g/mol. The van der Waals surface area contributed by atoms with Crippen LogP contribution in [-0.2, 0) is 6.54 Å². The molecule has 130 valence electrons. The summed E-state index contributed by atoms with van der Waals surface area (Å²) in [5.74, 6) is 0.0359. The van der Waals surface area contributed by atoms with Crippen LogP contribution >= 0.6 is 0 Å². The van der Waals surface area contributed by atoms with Crippen molar-refractivity contribution in [3.8, 4) is 0 Å². The molecule has 0 aliphatic heterocycles. The highest BCUT2D eigenvalue weighted by Gasteiger charge is 2.18. The van der Waals surface area contributed by atoms with Crippen molar-refractivity contribution in [2.24, 2.45) is 0 Å². The van der Waals surface area contributed by atoms with Crippen LogP contribution < -0.4 is 0 Å². The Balaban J connectivity index is 1.84. The second kappa shape index (κ2) is 6.77. The van der Waals surface area contributed by atoms with Gasteiger partial charge in [0, 0.05) is 34.8 Å². The number of aryl methyl sites for hydroxylation is 1. The lowest BCUT2D eigenvalue weighted by Crippen LogP contribution is -2.06. The first-order valence-corrected chi connectivity index (χ1v) is 8.93. The molecule has 4 rings (SSSR count). The number of para-hydroxylation sites is 1. The zero-order valence-corrected chi connectivity index (χ0v) is 14.7. The standard InChI is InChI=1S/C23H21NO2/c1-16(25)13-14-24-15-21(19-10-4-5-12-22(19)24)23(26)20-11-6-8-17-7-2-3-9-18(17)20/h2-12,15-16,25H,13-14H2,1H3/i4+1,5+1,10+1,12+1,19+1,22+1. The monoisotopic (exact) mass is 349 g/mol. The lowest BCUT2D eigenvalue weighted by Gasteiger charge is -2.06. The maximum Gasteiger partial charge on any atom is 0.195 e. The molecule has 0 bridgehead atoms. The van der Waals surface area contributed by atoms with E-state index in [4.69, 9.17) is 0 Å². The number of nitrogens with zero attached hydrogens (tertiary/aromatic N) is 1. The Morgan fingerprint density at radius 1 is 0.923 bits per heavy atom. The van der Waals surface area contributed by atoms with Crippen molar-refractivity contribution in [3.05, 3.63) is 84.1 Å². The summed E-state index contributed by atoms with van der Waals surface area (Å²) < 4.78 is 2.07. The van der Waals surface area contributed by atoms with E-state index in [-0.39, 0.29) is 11.9 Å². The molecule has 3 nitrogen and oxygen atoms in total. The zero-order chi connectivity index (χ0) is 18.1. The largest absolute Gasteiger partial charge is 0.393 e. The van der Waals surface area contributed by atoms with Gasteiger partial charge in [0.25, 0.3) is 0 Å². The molecule has 0 aliphatic carbocycles. The van der Waals surface area contributed by atoms with E-state index < -0.39 is 0 Å². The summed E-state index contributed by atoms with van der Waals surface area (Å²) in [6.45, 7) is 2.47. The molecule has 1 N–H and O–H groups in total. The second-order valence-electron chi connectivity index (χ2n) is 6.75. The van der Waals surface area contributed by atoms with E-state index in [0.717, 1.165) is 27.2 Å². The number of aromatic nitrogens is 1. The molecule has 0 saturated heterocycles. The van der Waals surface area contributed by atoms with Gasteiger partial charge in [-0.15, -0.1) is 0 Å². The summed E-state index contributed by atoms with van der Waals surface area (Å²) in [4.78, 5) is 13.4. The number of rotatable bonds is 5. The van der Waals surface area contributed by atoms with Crippen LogP contribution in [-0.4, -0.2) is 21.6 Å². The van der Waals surface area contributed by atoms with Gasteiger partial charge in [0.15, 0.2) is 5.78 Å². The van der Waals surface area contributed by atoms with Gasteiger partial charge in [-0.1, -0.05) is 60.7 Å². The van der Waals surface area contributed by atoms with Gasteiger partial charge < -0.3 is 9.67 Å². The smallest absolute Gasteiger partial charge is 0.195 e. The van der Waals surface area contributed by atoms with E-state index in [1.165, 1.54) is 0 Å². The predicted molar refractivity (Wildman–Crippen MR) is 106 cm³/mol. The zero-order valence-electron chi connectivity index (χ0n) is 14.7. The number of ketones is 1. The molecule has 0 amide bonds. The van der Waals surface area contributed by atoms with Crippen molar-refractivity contribution in [2.45, 2.75) is 26.0 Å². The first-order chi connectivity index (χ1) is 12.6. The van der Waals surface area contributed by atoms with Crippen LogP contribution in [0.1, 0.15) is 29.3 Å². The van der Waals surface area contributed by atoms with Crippen molar-refractivity contribution in [1.29, 1.82) is 0 Å². The van der Waals surface area contributed by atoms with Crippen molar-refractivity contribution >= 4 is 27.5 Å². The van der Waals surface area contributed by atoms with E-state index >= 15 is 0 Å². The Bertz CT molecular complexity index is 1090. The van der Waals surface area contributed by atoms with Crippen LogP contribution in [0.3, 0.4) is 0 Å². The third-order valence-corrected chi connectivity index (χ3v) is 4.86. The molecule has 3 aromatic carbocycles. The third-order valence-electron chi connectivity index (χ3n) is 4.86. The summed E-state index contributed by atoms with van der Waals surface area (Å²) in [7, 11) is 0. The molecule has 0 saturated carbocycles. The molecular weight excluding hydrogens is 328 g/mol. The van der Waals surface area contributed by atoms with Crippen molar-refractivity contribution in [1.82, 2.24) is 4.57 Å². The maximum absolute atomic E-state index is 13.4. The normalized spacial score (nSPS) is 12.5. The molecule has 26 heavy (non-hydrogen) atoms. The van der Waals surface area contributed by atoms with Crippen LogP contribution in [0.4, 0.5) is 0 Å². The Morgan fingerprint density at radius 3 is 2.42 bits per heavy atom. The molecule has 1 heterocycles. The lowest BCUT2D eigenvalue weighted by molar-refractivity contribution is 0.104. The van der Waals surface area contributed by atoms with Gasteiger partial charge in [0.05, 0.1) is 6.10 Å². The van der Waals surface area contributed by atoms with E-state index in [1.807, 2.05) is 72.9 Å². The topological polar surface area (TPSA) is 42.2 Å². The lowest BCUT2D eigenvalue weighted by atomic mass is 10.00. The van der Waals surface area contributed by atoms with Gasteiger partial charge in [-0.3, -0.25) is 4.79 Å². The van der Waals surface area contributed by atoms with Crippen LogP contribution in [0.2, 0.25) is 0 Å². The van der Waals surface area contributed by atoms with Crippen LogP contribution in [0, 0.1) is 0 Å². The average Bonchev–Trinajstić information content (AvgIpc) is 3.04. The summed E-state index contributed by atoms with van der Waals surface area (Å²) >= 11 is 0. The highest BCUT2D eigenvalue weighted by molar-refractivity contribution is 6.21. The highest BCUT2D eigenvalue weighted by Crippen LogP contribution is 2.27. The number of aliphatic hydroxyl groups excluding tert-OH is 1. The minimum absolute atomic E-state index is 0.0359. The Kier molecular flexibility index (Phi) is 4.31. The van der Waals surface area contributed by atoms with Crippen molar-refractivity contribution in [2.75, 3.05) is 0 Å². The first-order valence-electron chi connectivity index (χ1n) is 8.93. The van der Waals surface area contributed by atoms with Gasteiger partial charge in [-0.25, -0.2) is 0 Å². The quantitative estimate of drug-likeness (QED) is 0.526.